The van der Waals surface area contributed by atoms with Gasteiger partial charge >= 0.3 is 5.97 Å². The van der Waals surface area contributed by atoms with Gasteiger partial charge < -0.3 is 14.8 Å². The Morgan fingerprint density at radius 1 is 1.23 bits per heavy atom. The van der Waals surface area contributed by atoms with Crippen LogP contribution in [0.4, 0.5) is 0 Å². The number of aromatic amines is 1. The zero-order valence-electron chi connectivity index (χ0n) is 16.5. The molecule has 3 heterocycles. The topological polar surface area (TPSA) is 78.4 Å². The normalized spacial score (nSPS) is 15.1. The van der Waals surface area contributed by atoms with Crippen LogP contribution in [0.2, 0.25) is 0 Å². The van der Waals surface area contributed by atoms with E-state index >= 15 is 0 Å². The third-order valence-corrected chi connectivity index (χ3v) is 6.74. The van der Waals surface area contributed by atoms with Crippen molar-refractivity contribution >= 4 is 28.2 Å². The maximum atomic E-state index is 12.3. The van der Waals surface area contributed by atoms with Gasteiger partial charge in [-0.2, -0.15) is 0 Å². The number of benzene rings is 2. The smallest absolute Gasteiger partial charge is 0.325 e. The van der Waals surface area contributed by atoms with Crippen molar-refractivity contribution in [1.82, 2.24) is 14.9 Å². The molecule has 0 unspecified atom stereocenters. The minimum absolute atomic E-state index is 0.583. The predicted molar refractivity (Wildman–Crippen MR) is 117 cm³/mol. The number of hydrogen-bond acceptors (Lipinski definition) is 5. The number of rotatable bonds is 5. The van der Waals surface area contributed by atoms with Crippen molar-refractivity contribution in [2.45, 2.75) is 19.0 Å². The number of para-hydroxylation sites is 1. The van der Waals surface area contributed by atoms with Crippen molar-refractivity contribution in [2.24, 2.45) is 0 Å². The quantitative estimate of drug-likeness (QED) is 0.499. The molecule has 30 heavy (non-hydrogen) atoms. The van der Waals surface area contributed by atoms with Crippen LogP contribution in [0.5, 0.6) is 5.75 Å². The van der Waals surface area contributed by atoms with Gasteiger partial charge in [-0.05, 0) is 30.3 Å². The van der Waals surface area contributed by atoms with E-state index in [-0.39, 0.29) is 0 Å². The lowest BCUT2D eigenvalue weighted by molar-refractivity contribution is -0.144. The number of methoxy groups -OCH3 is 1. The molecule has 5 rings (SSSR count). The summed E-state index contributed by atoms with van der Waals surface area (Å²) in [5.74, 6) is -0.0163. The van der Waals surface area contributed by atoms with Gasteiger partial charge in [0.05, 0.1) is 12.8 Å². The second kappa shape index (κ2) is 7.59. The van der Waals surface area contributed by atoms with Gasteiger partial charge in [-0.3, -0.25) is 9.69 Å². The molecular formula is C23H21N3O3S. The molecule has 0 bridgehead atoms. The highest BCUT2D eigenvalue weighted by molar-refractivity contribution is 7.15. The first-order chi connectivity index (χ1) is 14.6. The number of nitrogens with one attached hydrogen (secondary N) is 1. The number of aliphatic carboxylic acids is 1. The number of ether oxygens (including phenoxy) is 1. The van der Waals surface area contributed by atoms with Crippen LogP contribution in [0.3, 0.4) is 0 Å². The Morgan fingerprint density at radius 3 is 2.80 bits per heavy atom. The second-order valence-electron chi connectivity index (χ2n) is 7.37. The summed E-state index contributed by atoms with van der Waals surface area (Å²) in [6.07, 6.45) is 2.57. The van der Waals surface area contributed by atoms with Gasteiger partial charge in [-0.25, -0.2) is 4.98 Å². The molecule has 2 aromatic carbocycles. The molecular weight excluding hydrogens is 398 g/mol. The van der Waals surface area contributed by atoms with Gasteiger partial charge in [0.2, 0.25) is 0 Å². The summed E-state index contributed by atoms with van der Waals surface area (Å²) in [4.78, 5) is 23.5. The van der Waals surface area contributed by atoms with E-state index in [1.165, 1.54) is 0 Å². The van der Waals surface area contributed by atoms with Crippen molar-refractivity contribution < 1.29 is 14.6 Å². The van der Waals surface area contributed by atoms with E-state index in [0.717, 1.165) is 49.8 Å². The molecule has 1 atom stereocenters. The molecule has 7 heteroatoms. The number of fused-ring (bicyclic) bond motifs is 2. The van der Waals surface area contributed by atoms with E-state index in [4.69, 9.17) is 9.72 Å². The van der Waals surface area contributed by atoms with Crippen molar-refractivity contribution in [3.63, 3.8) is 0 Å². The SMILES string of the molecule is COc1ccc(-c2nc3c(s2)CN([C@H](C(=O)O)c2c[nH]c4ccccc24)CC3)cc1. The van der Waals surface area contributed by atoms with Gasteiger partial charge in [0.15, 0.2) is 0 Å². The third kappa shape index (κ3) is 3.26. The lowest BCUT2D eigenvalue weighted by Gasteiger charge is -2.31. The largest absolute Gasteiger partial charge is 0.497 e. The molecule has 0 spiro atoms. The average Bonchev–Trinajstić information content (AvgIpc) is 3.38. The summed E-state index contributed by atoms with van der Waals surface area (Å²) in [6.45, 7) is 1.24. The highest BCUT2D eigenvalue weighted by atomic mass is 32.1. The van der Waals surface area contributed by atoms with Gasteiger partial charge in [-0.1, -0.05) is 18.2 Å². The fraction of sp³-hybridized carbons (Fsp3) is 0.217. The number of carboxylic acid groups (broad SMARTS) is 1. The second-order valence-corrected chi connectivity index (χ2v) is 8.45. The summed E-state index contributed by atoms with van der Waals surface area (Å²) in [6, 6.07) is 15.0. The molecule has 0 radical (unpaired) electrons. The van der Waals surface area contributed by atoms with Crippen molar-refractivity contribution in [1.29, 1.82) is 0 Å². The zero-order chi connectivity index (χ0) is 20.7. The fourth-order valence-corrected chi connectivity index (χ4v) is 5.24. The van der Waals surface area contributed by atoms with Crippen LogP contribution in [0, 0.1) is 0 Å². The number of aromatic nitrogens is 2. The molecule has 0 fully saturated rings. The van der Waals surface area contributed by atoms with E-state index in [1.807, 2.05) is 59.6 Å². The summed E-state index contributed by atoms with van der Waals surface area (Å²) < 4.78 is 5.23. The first kappa shape index (κ1) is 18.8. The number of thiazole rings is 1. The molecule has 6 nitrogen and oxygen atoms in total. The Morgan fingerprint density at radius 2 is 2.03 bits per heavy atom. The Kier molecular flexibility index (Phi) is 4.77. The summed E-state index contributed by atoms with van der Waals surface area (Å²) in [5.41, 5.74) is 3.88. The van der Waals surface area contributed by atoms with Crippen LogP contribution in [0.25, 0.3) is 21.5 Å². The van der Waals surface area contributed by atoms with Crippen LogP contribution in [-0.2, 0) is 17.8 Å². The number of H-pyrrole nitrogens is 1. The molecule has 1 aliphatic rings. The van der Waals surface area contributed by atoms with Crippen LogP contribution >= 0.6 is 11.3 Å². The molecule has 1 aliphatic heterocycles. The Bertz CT molecular complexity index is 1210. The Hall–Kier alpha value is -3.16. The van der Waals surface area contributed by atoms with Gasteiger partial charge in [0.25, 0.3) is 0 Å². The molecule has 0 saturated carbocycles. The number of hydrogen-bond donors (Lipinski definition) is 2. The van der Waals surface area contributed by atoms with Crippen LogP contribution in [0.15, 0.2) is 54.7 Å². The fourth-order valence-electron chi connectivity index (χ4n) is 4.10. The minimum Gasteiger partial charge on any atom is -0.497 e. The Balaban J connectivity index is 1.45. The molecule has 2 N–H and O–H groups in total. The number of nitrogens with zero attached hydrogens (tertiary/aromatic N) is 2. The molecule has 0 saturated heterocycles. The molecule has 2 aromatic heterocycles. The average molecular weight is 420 g/mol. The van der Waals surface area contributed by atoms with E-state index < -0.39 is 12.0 Å². The lowest BCUT2D eigenvalue weighted by atomic mass is 10.0. The highest BCUT2D eigenvalue weighted by Crippen LogP contribution is 2.36. The standard InChI is InChI=1S/C23H21N3O3S/c1-29-15-8-6-14(7-9-15)22-25-19-10-11-26(13-20(19)30-22)21(23(27)28)17-12-24-18-5-3-2-4-16(17)18/h2-9,12,21,24H,10-11,13H2,1H3,(H,27,28)/t21-/m0/s1. The Labute approximate surface area is 177 Å². The molecule has 152 valence electrons. The van der Waals surface area contributed by atoms with Crippen molar-refractivity contribution in [3.8, 4) is 16.3 Å². The summed E-state index contributed by atoms with van der Waals surface area (Å²) in [7, 11) is 1.65. The molecule has 4 aromatic rings. The van der Waals surface area contributed by atoms with Crippen LogP contribution in [0.1, 0.15) is 22.2 Å². The van der Waals surface area contributed by atoms with E-state index in [9.17, 15) is 9.90 Å². The highest BCUT2D eigenvalue weighted by Gasteiger charge is 2.33. The van der Waals surface area contributed by atoms with Gasteiger partial charge in [0, 0.05) is 52.6 Å². The van der Waals surface area contributed by atoms with E-state index in [0.29, 0.717) is 13.1 Å². The van der Waals surface area contributed by atoms with Gasteiger partial charge in [0.1, 0.15) is 16.8 Å². The maximum absolute atomic E-state index is 12.3. The lowest BCUT2D eigenvalue weighted by Crippen LogP contribution is -2.37. The predicted octanol–water partition coefficient (Wildman–Crippen LogP) is 4.48. The molecule has 0 aliphatic carbocycles. The number of carboxylic acids is 1. The first-order valence-electron chi connectivity index (χ1n) is 9.80. The summed E-state index contributed by atoms with van der Waals surface area (Å²) >= 11 is 1.64. The zero-order valence-corrected chi connectivity index (χ0v) is 17.3. The summed E-state index contributed by atoms with van der Waals surface area (Å²) in [5, 5.41) is 12.0. The number of carbonyl (C=O) groups is 1. The van der Waals surface area contributed by atoms with E-state index in [1.54, 1.807) is 18.4 Å². The van der Waals surface area contributed by atoms with Gasteiger partial charge in [-0.15, -0.1) is 11.3 Å². The monoisotopic (exact) mass is 419 g/mol. The maximum Gasteiger partial charge on any atom is 0.325 e. The minimum atomic E-state index is -0.830. The van der Waals surface area contributed by atoms with Crippen LogP contribution < -0.4 is 4.74 Å². The van der Waals surface area contributed by atoms with Crippen LogP contribution in [-0.4, -0.2) is 39.6 Å². The van der Waals surface area contributed by atoms with Crippen molar-refractivity contribution in [3.05, 3.63) is 70.9 Å². The molecule has 0 amide bonds. The van der Waals surface area contributed by atoms with E-state index in [2.05, 4.69) is 4.98 Å². The first-order valence-corrected chi connectivity index (χ1v) is 10.6. The third-order valence-electron chi connectivity index (χ3n) is 5.61. The van der Waals surface area contributed by atoms with Crippen molar-refractivity contribution in [2.75, 3.05) is 13.7 Å².